The van der Waals surface area contributed by atoms with Gasteiger partial charge in [-0.1, -0.05) is 11.6 Å². The third kappa shape index (κ3) is 2.90. The number of nitrogen functional groups attached to an aromatic ring is 1. The minimum atomic E-state index is 0.731. The largest absolute Gasteiger partial charge is 0.399 e. The number of hydrogen-bond donors (Lipinski definition) is 2. The lowest BCUT2D eigenvalue weighted by Crippen LogP contribution is -2.06. The molecule has 4 nitrogen and oxygen atoms in total. The first-order valence-electron chi connectivity index (χ1n) is 7.25. The molecular weight excluding hydrogens is 248 g/mol. The Balaban J connectivity index is 1.69. The predicted molar refractivity (Wildman–Crippen MR) is 83.6 cm³/mol. The van der Waals surface area contributed by atoms with Crippen molar-refractivity contribution < 1.29 is 0 Å². The van der Waals surface area contributed by atoms with Gasteiger partial charge in [0, 0.05) is 17.6 Å². The summed E-state index contributed by atoms with van der Waals surface area (Å²) in [5, 5.41) is 4.45. The van der Waals surface area contributed by atoms with Crippen LogP contribution in [0.3, 0.4) is 0 Å². The molecule has 0 amide bonds. The summed E-state index contributed by atoms with van der Waals surface area (Å²) in [4.78, 5) is 8.59. The minimum absolute atomic E-state index is 0.731. The van der Waals surface area contributed by atoms with E-state index in [0.717, 1.165) is 35.4 Å². The van der Waals surface area contributed by atoms with Crippen molar-refractivity contribution >= 4 is 22.4 Å². The average Bonchev–Trinajstić information content (AvgIpc) is 2.48. The molecule has 0 fully saturated rings. The molecule has 1 aromatic carbocycles. The molecule has 2 aromatic rings. The molecule has 3 rings (SSSR count). The molecule has 1 aromatic heterocycles. The molecule has 4 heteroatoms. The normalized spacial score (nSPS) is 15.1. The van der Waals surface area contributed by atoms with E-state index in [1.807, 2.05) is 18.2 Å². The fraction of sp³-hybridized carbons (Fsp3) is 0.375. The van der Waals surface area contributed by atoms with E-state index >= 15 is 0 Å². The number of rotatable bonds is 4. The quantitative estimate of drug-likeness (QED) is 0.658. The van der Waals surface area contributed by atoms with Crippen LogP contribution >= 0.6 is 0 Å². The van der Waals surface area contributed by atoms with Crippen molar-refractivity contribution in [2.75, 3.05) is 17.6 Å². The standard InChI is InChI=1S/C16H20N4/c17-13-6-7-14-15(10-13)19-11-20-16(14)18-9-8-12-4-2-1-3-5-12/h4,6-7,10-11H,1-3,5,8-9,17H2,(H,18,19,20). The predicted octanol–water partition coefficient (Wildman–Crippen LogP) is 3.51. The molecular formula is C16H20N4. The van der Waals surface area contributed by atoms with Gasteiger partial charge in [-0.05, 0) is 50.3 Å². The molecule has 1 aliphatic rings. The SMILES string of the molecule is Nc1ccc2c(NCCC3=CCCCC3)ncnc2c1. The van der Waals surface area contributed by atoms with Crippen LogP contribution in [-0.2, 0) is 0 Å². The fourth-order valence-corrected chi connectivity index (χ4v) is 2.69. The van der Waals surface area contributed by atoms with Crippen LogP contribution in [0, 0.1) is 0 Å². The molecule has 0 radical (unpaired) electrons. The van der Waals surface area contributed by atoms with Crippen molar-refractivity contribution in [1.29, 1.82) is 0 Å². The van der Waals surface area contributed by atoms with Gasteiger partial charge in [0.2, 0.25) is 0 Å². The van der Waals surface area contributed by atoms with Crippen LogP contribution in [0.1, 0.15) is 32.1 Å². The third-order valence-corrected chi connectivity index (χ3v) is 3.78. The number of aromatic nitrogens is 2. The summed E-state index contributed by atoms with van der Waals surface area (Å²) in [5.74, 6) is 0.895. The molecule has 0 spiro atoms. The molecule has 0 unspecified atom stereocenters. The highest BCUT2D eigenvalue weighted by Crippen LogP contribution is 2.23. The van der Waals surface area contributed by atoms with Crippen molar-refractivity contribution in [3.05, 3.63) is 36.2 Å². The van der Waals surface area contributed by atoms with E-state index in [4.69, 9.17) is 5.73 Å². The maximum atomic E-state index is 5.78. The molecule has 0 saturated heterocycles. The van der Waals surface area contributed by atoms with E-state index in [1.54, 1.807) is 11.9 Å². The van der Waals surface area contributed by atoms with Crippen molar-refractivity contribution in [2.24, 2.45) is 0 Å². The van der Waals surface area contributed by atoms with Crippen LogP contribution in [0.4, 0.5) is 11.5 Å². The van der Waals surface area contributed by atoms with Gasteiger partial charge in [0.15, 0.2) is 0 Å². The van der Waals surface area contributed by atoms with E-state index < -0.39 is 0 Å². The molecule has 0 bridgehead atoms. The fourth-order valence-electron chi connectivity index (χ4n) is 2.69. The molecule has 1 heterocycles. The maximum absolute atomic E-state index is 5.78. The smallest absolute Gasteiger partial charge is 0.137 e. The molecule has 0 aliphatic heterocycles. The first-order valence-corrected chi connectivity index (χ1v) is 7.25. The van der Waals surface area contributed by atoms with E-state index in [-0.39, 0.29) is 0 Å². The Labute approximate surface area is 119 Å². The Kier molecular flexibility index (Phi) is 3.81. The van der Waals surface area contributed by atoms with Crippen LogP contribution in [0.25, 0.3) is 10.9 Å². The summed E-state index contributed by atoms with van der Waals surface area (Å²) in [6.45, 7) is 0.919. The third-order valence-electron chi connectivity index (χ3n) is 3.78. The first kappa shape index (κ1) is 12.9. The molecule has 3 N–H and O–H groups in total. The van der Waals surface area contributed by atoms with Gasteiger partial charge < -0.3 is 11.1 Å². The lowest BCUT2D eigenvalue weighted by Gasteiger charge is -2.13. The minimum Gasteiger partial charge on any atom is -0.399 e. The van der Waals surface area contributed by atoms with Crippen LogP contribution in [-0.4, -0.2) is 16.5 Å². The van der Waals surface area contributed by atoms with Gasteiger partial charge in [-0.3, -0.25) is 0 Å². The van der Waals surface area contributed by atoms with Gasteiger partial charge in [0.25, 0.3) is 0 Å². The van der Waals surface area contributed by atoms with Gasteiger partial charge in [-0.25, -0.2) is 9.97 Å². The van der Waals surface area contributed by atoms with E-state index in [9.17, 15) is 0 Å². The second-order valence-corrected chi connectivity index (χ2v) is 5.28. The van der Waals surface area contributed by atoms with Crippen molar-refractivity contribution in [3.8, 4) is 0 Å². The van der Waals surface area contributed by atoms with Gasteiger partial charge in [-0.15, -0.1) is 0 Å². The number of nitrogens with zero attached hydrogens (tertiary/aromatic N) is 2. The van der Waals surface area contributed by atoms with Gasteiger partial charge in [-0.2, -0.15) is 0 Å². The highest BCUT2D eigenvalue weighted by molar-refractivity contribution is 5.90. The molecule has 104 valence electrons. The Bertz CT molecular complexity index is 633. The van der Waals surface area contributed by atoms with Gasteiger partial charge >= 0.3 is 0 Å². The lowest BCUT2D eigenvalue weighted by molar-refractivity contribution is 0.679. The van der Waals surface area contributed by atoms with E-state index in [0.29, 0.717) is 0 Å². The van der Waals surface area contributed by atoms with Crippen LogP contribution in [0.5, 0.6) is 0 Å². The lowest BCUT2D eigenvalue weighted by atomic mass is 9.97. The zero-order valence-electron chi connectivity index (χ0n) is 11.6. The zero-order chi connectivity index (χ0) is 13.8. The Morgan fingerprint density at radius 3 is 3.00 bits per heavy atom. The van der Waals surface area contributed by atoms with Crippen LogP contribution < -0.4 is 11.1 Å². The number of allylic oxidation sites excluding steroid dienone is 1. The summed E-state index contributed by atoms with van der Waals surface area (Å²) in [7, 11) is 0. The number of hydrogen-bond acceptors (Lipinski definition) is 4. The summed E-state index contributed by atoms with van der Waals surface area (Å²) >= 11 is 0. The molecule has 1 aliphatic carbocycles. The van der Waals surface area contributed by atoms with E-state index in [1.165, 1.54) is 25.7 Å². The monoisotopic (exact) mass is 268 g/mol. The highest BCUT2D eigenvalue weighted by atomic mass is 15.0. The van der Waals surface area contributed by atoms with Crippen molar-refractivity contribution in [3.63, 3.8) is 0 Å². The van der Waals surface area contributed by atoms with E-state index in [2.05, 4.69) is 21.4 Å². The summed E-state index contributed by atoms with van der Waals surface area (Å²) in [6, 6.07) is 5.75. The summed E-state index contributed by atoms with van der Waals surface area (Å²) in [6.07, 6.45) is 10.2. The van der Waals surface area contributed by atoms with Gasteiger partial charge in [0.1, 0.15) is 12.1 Å². The number of fused-ring (bicyclic) bond motifs is 1. The first-order chi connectivity index (χ1) is 9.83. The number of nitrogens with one attached hydrogen (secondary N) is 1. The summed E-state index contributed by atoms with van der Waals surface area (Å²) < 4.78 is 0. The number of nitrogens with two attached hydrogens (primary N) is 1. The van der Waals surface area contributed by atoms with Crippen LogP contribution in [0.2, 0.25) is 0 Å². The molecule has 0 saturated carbocycles. The van der Waals surface area contributed by atoms with Gasteiger partial charge in [0.05, 0.1) is 5.52 Å². The molecule has 20 heavy (non-hydrogen) atoms. The average molecular weight is 268 g/mol. The van der Waals surface area contributed by atoms with Crippen molar-refractivity contribution in [1.82, 2.24) is 9.97 Å². The summed E-state index contributed by atoms with van der Waals surface area (Å²) in [5.41, 5.74) is 8.98. The Morgan fingerprint density at radius 2 is 2.15 bits per heavy atom. The highest BCUT2D eigenvalue weighted by Gasteiger charge is 2.06. The maximum Gasteiger partial charge on any atom is 0.137 e. The topological polar surface area (TPSA) is 63.8 Å². The molecule has 0 atom stereocenters. The van der Waals surface area contributed by atoms with Crippen LogP contribution in [0.15, 0.2) is 36.2 Å². The Morgan fingerprint density at radius 1 is 1.20 bits per heavy atom. The second-order valence-electron chi connectivity index (χ2n) is 5.28. The Hall–Kier alpha value is -2.10. The second kappa shape index (κ2) is 5.90. The van der Waals surface area contributed by atoms with Crippen molar-refractivity contribution in [2.45, 2.75) is 32.1 Å². The number of benzene rings is 1. The zero-order valence-corrected chi connectivity index (χ0v) is 11.6. The number of anilines is 2.